The Bertz CT molecular complexity index is 512. The highest BCUT2D eigenvalue weighted by atomic mass is 35.5. The van der Waals surface area contributed by atoms with Crippen LogP contribution in [0.1, 0.15) is 25.7 Å². The molecule has 1 fully saturated rings. The number of piperidine rings is 1. The molecule has 1 aliphatic rings. The minimum atomic E-state index is -0.0514. The molecule has 1 aromatic rings. The summed E-state index contributed by atoms with van der Waals surface area (Å²) in [5.41, 5.74) is 6.28. The Morgan fingerprint density at radius 3 is 2.96 bits per heavy atom. The van der Waals surface area contributed by atoms with Crippen molar-refractivity contribution in [3.8, 4) is 5.75 Å². The molecule has 130 valence electrons. The lowest BCUT2D eigenvalue weighted by Crippen LogP contribution is -2.44. The SMILES string of the molecule is COc1ccc(Cl)cc1NC(=O)CN1CCCCC1CCN.Cl. The molecular weight excluding hydrogens is 337 g/mol. The summed E-state index contributed by atoms with van der Waals surface area (Å²) in [6, 6.07) is 5.59. The Hall–Kier alpha value is -1.01. The number of nitrogens with one attached hydrogen (secondary N) is 1. The average molecular weight is 362 g/mol. The van der Waals surface area contributed by atoms with Gasteiger partial charge in [-0.15, -0.1) is 12.4 Å². The molecule has 1 amide bonds. The molecule has 1 unspecified atom stereocenters. The lowest BCUT2D eigenvalue weighted by molar-refractivity contribution is -0.118. The van der Waals surface area contributed by atoms with Gasteiger partial charge in [-0.1, -0.05) is 18.0 Å². The second-order valence-corrected chi connectivity index (χ2v) is 6.03. The van der Waals surface area contributed by atoms with Crippen LogP contribution in [0, 0.1) is 0 Å². The lowest BCUT2D eigenvalue weighted by atomic mass is 9.99. The first-order chi connectivity index (χ1) is 10.6. The van der Waals surface area contributed by atoms with Crippen LogP contribution in [0.4, 0.5) is 5.69 Å². The highest BCUT2D eigenvalue weighted by Gasteiger charge is 2.23. The minimum Gasteiger partial charge on any atom is -0.495 e. The largest absolute Gasteiger partial charge is 0.495 e. The number of anilines is 1. The number of ether oxygens (including phenoxy) is 1. The van der Waals surface area contributed by atoms with Gasteiger partial charge in [0.1, 0.15) is 5.75 Å². The van der Waals surface area contributed by atoms with E-state index in [1.54, 1.807) is 25.3 Å². The maximum absolute atomic E-state index is 12.3. The van der Waals surface area contributed by atoms with Gasteiger partial charge >= 0.3 is 0 Å². The molecule has 0 bridgehead atoms. The van der Waals surface area contributed by atoms with E-state index in [1.807, 2.05) is 0 Å². The number of halogens is 2. The number of rotatable bonds is 6. The quantitative estimate of drug-likeness (QED) is 0.817. The molecule has 7 heteroatoms. The number of hydrogen-bond acceptors (Lipinski definition) is 4. The first-order valence-corrected chi connectivity index (χ1v) is 8.09. The van der Waals surface area contributed by atoms with Crippen LogP contribution in [0.25, 0.3) is 0 Å². The molecule has 1 aromatic carbocycles. The highest BCUT2D eigenvalue weighted by Crippen LogP contribution is 2.28. The Balaban J connectivity index is 0.00000264. The van der Waals surface area contributed by atoms with Crippen LogP contribution in [0.5, 0.6) is 5.75 Å². The van der Waals surface area contributed by atoms with Gasteiger partial charge in [-0.2, -0.15) is 0 Å². The van der Waals surface area contributed by atoms with Crippen molar-refractivity contribution in [2.75, 3.05) is 32.1 Å². The molecular formula is C16H25Cl2N3O2. The van der Waals surface area contributed by atoms with E-state index in [0.717, 1.165) is 25.8 Å². The third-order valence-electron chi connectivity index (χ3n) is 4.03. The molecule has 0 spiro atoms. The molecule has 1 heterocycles. The predicted octanol–water partition coefficient (Wildman–Crippen LogP) is 2.91. The number of methoxy groups -OCH3 is 1. The zero-order chi connectivity index (χ0) is 15.9. The molecule has 0 aliphatic carbocycles. The fraction of sp³-hybridized carbons (Fsp3) is 0.562. The zero-order valence-corrected chi connectivity index (χ0v) is 15.0. The number of benzene rings is 1. The van der Waals surface area contributed by atoms with Gasteiger partial charge in [-0.25, -0.2) is 0 Å². The van der Waals surface area contributed by atoms with E-state index in [2.05, 4.69) is 10.2 Å². The van der Waals surface area contributed by atoms with E-state index in [9.17, 15) is 4.79 Å². The topological polar surface area (TPSA) is 67.6 Å². The van der Waals surface area contributed by atoms with E-state index in [1.165, 1.54) is 6.42 Å². The first-order valence-electron chi connectivity index (χ1n) is 7.71. The normalized spacial score (nSPS) is 18.1. The van der Waals surface area contributed by atoms with Gasteiger partial charge in [0, 0.05) is 11.1 Å². The smallest absolute Gasteiger partial charge is 0.238 e. The molecule has 0 aromatic heterocycles. The van der Waals surface area contributed by atoms with Crippen LogP contribution in [-0.4, -0.2) is 43.6 Å². The van der Waals surface area contributed by atoms with Crippen molar-refractivity contribution in [1.82, 2.24) is 4.90 Å². The average Bonchev–Trinajstić information content (AvgIpc) is 2.50. The summed E-state index contributed by atoms with van der Waals surface area (Å²) in [6.07, 6.45) is 4.40. The number of hydrogen-bond donors (Lipinski definition) is 2. The lowest BCUT2D eigenvalue weighted by Gasteiger charge is -2.35. The van der Waals surface area contributed by atoms with Crippen LogP contribution in [-0.2, 0) is 4.79 Å². The number of carbonyl (C=O) groups is 1. The highest BCUT2D eigenvalue weighted by molar-refractivity contribution is 6.31. The Kier molecular flexibility index (Phi) is 8.69. The zero-order valence-electron chi connectivity index (χ0n) is 13.4. The van der Waals surface area contributed by atoms with Crippen LogP contribution in [0.3, 0.4) is 0 Å². The van der Waals surface area contributed by atoms with Crippen molar-refractivity contribution in [2.24, 2.45) is 5.73 Å². The van der Waals surface area contributed by atoms with Crippen molar-refractivity contribution in [3.05, 3.63) is 23.2 Å². The van der Waals surface area contributed by atoms with Gasteiger partial charge in [0.05, 0.1) is 19.3 Å². The van der Waals surface area contributed by atoms with Gasteiger partial charge < -0.3 is 15.8 Å². The molecule has 0 saturated carbocycles. The summed E-state index contributed by atoms with van der Waals surface area (Å²) in [6.45, 7) is 1.98. The third-order valence-corrected chi connectivity index (χ3v) is 4.27. The van der Waals surface area contributed by atoms with Gasteiger partial charge in [0.25, 0.3) is 0 Å². The van der Waals surface area contributed by atoms with Crippen molar-refractivity contribution >= 4 is 35.6 Å². The van der Waals surface area contributed by atoms with Crippen LogP contribution >= 0.6 is 24.0 Å². The van der Waals surface area contributed by atoms with Crippen LogP contribution in [0.2, 0.25) is 5.02 Å². The summed E-state index contributed by atoms with van der Waals surface area (Å²) < 4.78 is 5.25. The van der Waals surface area contributed by atoms with Crippen molar-refractivity contribution < 1.29 is 9.53 Å². The summed E-state index contributed by atoms with van der Waals surface area (Å²) in [5.74, 6) is 0.555. The van der Waals surface area contributed by atoms with Gasteiger partial charge in [-0.05, 0) is 50.6 Å². The molecule has 2 rings (SSSR count). The molecule has 23 heavy (non-hydrogen) atoms. The number of nitrogens with zero attached hydrogens (tertiary/aromatic N) is 1. The molecule has 5 nitrogen and oxygen atoms in total. The molecule has 1 aliphatic heterocycles. The minimum absolute atomic E-state index is 0. The summed E-state index contributed by atoms with van der Waals surface area (Å²) in [7, 11) is 1.57. The maximum Gasteiger partial charge on any atom is 0.238 e. The van der Waals surface area contributed by atoms with Gasteiger partial charge in [-0.3, -0.25) is 9.69 Å². The summed E-state index contributed by atoms with van der Waals surface area (Å²) in [4.78, 5) is 14.6. The van der Waals surface area contributed by atoms with E-state index in [0.29, 0.717) is 35.6 Å². The fourth-order valence-electron chi connectivity index (χ4n) is 2.94. The molecule has 3 N–H and O–H groups in total. The molecule has 1 saturated heterocycles. The number of nitrogens with two attached hydrogens (primary N) is 1. The predicted molar refractivity (Wildman–Crippen MR) is 96.8 cm³/mol. The molecule has 1 atom stereocenters. The third kappa shape index (κ3) is 5.84. The number of amides is 1. The van der Waals surface area contributed by atoms with Crippen molar-refractivity contribution in [2.45, 2.75) is 31.7 Å². The van der Waals surface area contributed by atoms with Crippen LogP contribution in [0.15, 0.2) is 18.2 Å². The maximum atomic E-state index is 12.3. The first kappa shape index (κ1) is 20.0. The Labute approximate surface area is 148 Å². The van der Waals surface area contributed by atoms with Crippen molar-refractivity contribution in [1.29, 1.82) is 0 Å². The number of likely N-dealkylation sites (tertiary alicyclic amines) is 1. The van der Waals surface area contributed by atoms with Gasteiger partial charge in [0.2, 0.25) is 5.91 Å². The standard InChI is InChI=1S/C16H24ClN3O2.ClH/c1-22-15-6-5-12(17)10-14(15)19-16(21)11-20-9-3-2-4-13(20)7-8-18;/h5-6,10,13H,2-4,7-9,11,18H2,1H3,(H,19,21);1H. The van der Waals surface area contributed by atoms with Crippen LogP contribution < -0.4 is 15.8 Å². The fourth-order valence-corrected chi connectivity index (χ4v) is 3.11. The number of carbonyl (C=O) groups excluding carboxylic acids is 1. The van der Waals surface area contributed by atoms with E-state index in [-0.39, 0.29) is 18.3 Å². The second-order valence-electron chi connectivity index (χ2n) is 5.59. The second kappa shape index (κ2) is 9.98. The monoisotopic (exact) mass is 361 g/mol. The summed E-state index contributed by atoms with van der Waals surface area (Å²) in [5, 5.41) is 3.46. The Morgan fingerprint density at radius 1 is 1.48 bits per heavy atom. The van der Waals surface area contributed by atoms with Crippen molar-refractivity contribution in [3.63, 3.8) is 0 Å². The van der Waals surface area contributed by atoms with E-state index < -0.39 is 0 Å². The van der Waals surface area contributed by atoms with E-state index >= 15 is 0 Å². The summed E-state index contributed by atoms with van der Waals surface area (Å²) >= 11 is 5.98. The molecule has 0 radical (unpaired) electrons. The Morgan fingerprint density at radius 2 is 2.26 bits per heavy atom. The van der Waals surface area contributed by atoms with Gasteiger partial charge in [0.15, 0.2) is 0 Å². The van der Waals surface area contributed by atoms with E-state index in [4.69, 9.17) is 22.1 Å².